The van der Waals surface area contributed by atoms with Gasteiger partial charge in [-0.3, -0.25) is 28.8 Å². The van der Waals surface area contributed by atoms with E-state index < -0.39 is 84.9 Å². The maximum Gasteiger partial charge on any atom is 0.326 e. The quantitative estimate of drug-likeness (QED) is 0.0873. The number of carboxylic acids is 2. The lowest BCUT2D eigenvalue weighted by Crippen LogP contribution is -2.58. The number of nitrogens with one attached hydrogen (secondary N) is 3. The van der Waals surface area contributed by atoms with E-state index in [2.05, 4.69) is 16.0 Å². The maximum atomic E-state index is 12.6. The summed E-state index contributed by atoms with van der Waals surface area (Å²) in [6.45, 7) is 0.300. The molecule has 0 heterocycles. The lowest BCUT2D eigenvalue weighted by atomic mass is 10.1. The van der Waals surface area contributed by atoms with E-state index in [1.807, 2.05) is 0 Å². The first-order valence-electron chi connectivity index (χ1n) is 10.2. The Labute approximate surface area is 194 Å². The highest BCUT2D eigenvalue weighted by Crippen LogP contribution is 2.04. The molecule has 0 aliphatic carbocycles. The predicted octanol–water partition coefficient (Wildman–Crippen LogP) is -4.79. The number of rotatable bonds is 17. The van der Waals surface area contributed by atoms with Gasteiger partial charge in [0.05, 0.1) is 25.3 Å². The molecule has 0 fully saturated rings. The summed E-state index contributed by atoms with van der Waals surface area (Å²) in [4.78, 5) is 82.1. The summed E-state index contributed by atoms with van der Waals surface area (Å²) in [5, 5.41) is 24.6. The lowest BCUT2D eigenvalue weighted by molar-refractivity contribution is -0.144. The Balaban J connectivity index is 5.50. The van der Waals surface area contributed by atoms with Crippen LogP contribution < -0.4 is 38.9 Å². The van der Waals surface area contributed by atoms with Crippen LogP contribution in [0.4, 0.5) is 0 Å². The van der Waals surface area contributed by atoms with Crippen LogP contribution in [-0.2, 0) is 33.6 Å². The van der Waals surface area contributed by atoms with Crippen LogP contribution in [0.2, 0.25) is 0 Å². The highest BCUT2D eigenvalue weighted by Gasteiger charge is 2.32. The second-order valence-electron chi connectivity index (χ2n) is 7.35. The lowest BCUT2D eigenvalue weighted by Gasteiger charge is -2.24. The molecule has 16 nitrogen and oxygen atoms in total. The SMILES string of the molecule is NCCCCC(NC(=O)C(CC(=O)O)NC(=O)C(CC(N)=O)NC(=O)C(N)CC(N)=O)C(=O)O. The Hall–Kier alpha value is -3.79. The molecule has 0 radical (unpaired) electrons. The van der Waals surface area contributed by atoms with Crippen molar-refractivity contribution in [3.63, 3.8) is 0 Å². The number of primary amides is 2. The third-order valence-electron chi connectivity index (χ3n) is 4.37. The summed E-state index contributed by atoms with van der Waals surface area (Å²) >= 11 is 0. The largest absolute Gasteiger partial charge is 0.481 e. The molecule has 5 amide bonds. The van der Waals surface area contributed by atoms with Gasteiger partial charge in [0, 0.05) is 0 Å². The monoisotopic (exact) mass is 489 g/mol. The Morgan fingerprint density at radius 2 is 1.15 bits per heavy atom. The fourth-order valence-electron chi connectivity index (χ4n) is 2.68. The van der Waals surface area contributed by atoms with Crippen LogP contribution in [0.5, 0.6) is 0 Å². The third kappa shape index (κ3) is 12.3. The molecule has 16 heteroatoms. The van der Waals surface area contributed by atoms with Gasteiger partial charge in [0.2, 0.25) is 29.5 Å². The molecule has 0 rings (SSSR count). The molecule has 0 aromatic carbocycles. The van der Waals surface area contributed by atoms with Gasteiger partial charge in [-0.05, 0) is 25.8 Å². The molecule has 0 saturated heterocycles. The first-order valence-corrected chi connectivity index (χ1v) is 10.2. The van der Waals surface area contributed by atoms with Gasteiger partial charge in [-0.15, -0.1) is 0 Å². The van der Waals surface area contributed by atoms with Gasteiger partial charge in [0.15, 0.2) is 0 Å². The number of amides is 5. The molecule has 4 atom stereocenters. The Morgan fingerprint density at radius 1 is 0.676 bits per heavy atom. The van der Waals surface area contributed by atoms with Crippen LogP contribution in [0.15, 0.2) is 0 Å². The zero-order chi connectivity index (χ0) is 26.4. The second kappa shape index (κ2) is 15.1. The summed E-state index contributed by atoms with van der Waals surface area (Å²) in [5.74, 6) is -8.15. The van der Waals surface area contributed by atoms with Crippen LogP contribution in [0.1, 0.15) is 38.5 Å². The molecule has 0 bridgehead atoms. The van der Waals surface area contributed by atoms with E-state index in [0.717, 1.165) is 0 Å². The highest BCUT2D eigenvalue weighted by atomic mass is 16.4. The van der Waals surface area contributed by atoms with Crippen molar-refractivity contribution in [3.05, 3.63) is 0 Å². The minimum absolute atomic E-state index is 0.00409. The predicted molar refractivity (Wildman–Crippen MR) is 114 cm³/mol. The molecule has 0 aromatic heterocycles. The van der Waals surface area contributed by atoms with E-state index in [1.165, 1.54) is 0 Å². The van der Waals surface area contributed by atoms with Crippen LogP contribution in [0.3, 0.4) is 0 Å². The Kier molecular flexibility index (Phi) is 13.4. The number of carboxylic acid groups (broad SMARTS) is 2. The average Bonchev–Trinajstić information content (AvgIpc) is 2.70. The summed E-state index contributed by atoms with van der Waals surface area (Å²) in [5.41, 5.74) is 20.8. The second-order valence-corrected chi connectivity index (χ2v) is 7.35. The zero-order valence-electron chi connectivity index (χ0n) is 18.3. The Bertz CT molecular complexity index is 790. The van der Waals surface area contributed by atoms with E-state index in [4.69, 9.17) is 28.0 Å². The maximum absolute atomic E-state index is 12.6. The minimum atomic E-state index is -1.76. The smallest absolute Gasteiger partial charge is 0.326 e. The molecule has 0 saturated carbocycles. The topological polar surface area (TPSA) is 300 Å². The molecule has 4 unspecified atom stereocenters. The van der Waals surface area contributed by atoms with Crippen LogP contribution in [-0.4, -0.2) is 82.4 Å². The summed E-state index contributed by atoms with van der Waals surface area (Å²) in [6, 6.07) is -6.26. The van der Waals surface area contributed by atoms with Gasteiger partial charge in [-0.2, -0.15) is 0 Å². The van der Waals surface area contributed by atoms with Crippen molar-refractivity contribution in [2.75, 3.05) is 6.54 Å². The van der Waals surface area contributed by atoms with E-state index in [0.29, 0.717) is 19.4 Å². The fraction of sp³-hybridized carbons (Fsp3) is 0.611. The van der Waals surface area contributed by atoms with Crippen LogP contribution in [0, 0.1) is 0 Å². The van der Waals surface area contributed by atoms with Gasteiger partial charge in [-0.1, -0.05) is 0 Å². The standard InChI is InChI=1S/C18H31N7O9/c19-4-2-1-3-9(18(33)34)23-17(32)11(7-14(28)29)25-16(31)10(6-13(22)27)24-15(30)8(20)5-12(21)26/h8-11H,1-7,19-20H2,(H2,21,26)(H2,22,27)(H,23,32)(H,24,30)(H,25,31)(H,28,29)(H,33,34). The normalized spacial score (nSPS) is 14.1. The van der Waals surface area contributed by atoms with E-state index in [1.54, 1.807) is 0 Å². The number of carbonyl (C=O) groups is 7. The van der Waals surface area contributed by atoms with Crippen molar-refractivity contribution >= 4 is 41.5 Å². The molecule has 0 spiro atoms. The third-order valence-corrected chi connectivity index (χ3v) is 4.37. The van der Waals surface area contributed by atoms with Crippen molar-refractivity contribution < 1.29 is 43.8 Å². The number of unbranched alkanes of at least 4 members (excludes halogenated alkanes) is 1. The van der Waals surface area contributed by atoms with Crippen molar-refractivity contribution in [3.8, 4) is 0 Å². The summed E-state index contributed by atoms with van der Waals surface area (Å²) < 4.78 is 0. The number of hydrogen-bond acceptors (Lipinski definition) is 9. The van der Waals surface area contributed by atoms with Gasteiger partial charge in [0.1, 0.15) is 18.1 Å². The zero-order valence-corrected chi connectivity index (χ0v) is 18.3. The molecule has 0 aromatic rings. The number of aliphatic carboxylic acids is 2. The first kappa shape index (κ1) is 30.2. The first-order chi connectivity index (χ1) is 15.8. The molecule has 34 heavy (non-hydrogen) atoms. The number of hydrogen-bond donors (Lipinski definition) is 9. The number of carbonyl (C=O) groups excluding carboxylic acids is 5. The van der Waals surface area contributed by atoms with Crippen molar-refractivity contribution in [1.82, 2.24) is 16.0 Å². The molecule has 0 aliphatic rings. The van der Waals surface area contributed by atoms with Crippen LogP contribution >= 0.6 is 0 Å². The van der Waals surface area contributed by atoms with Crippen molar-refractivity contribution in [1.29, 1.82) is 0 Å². The van der Waals surface area contributed by atoms with Gasteiger partial charge in [0.25, 0.3) is 0 Å². The average molecular weight is 489 g/mol. The van der Waals surface area contributed by atoms with Crippen molar-refractivity contribution in [2.24, 2.45) is 22.9 Å². The van der Waals surface area contributed by atoms with Gasteiger partial charge < -0.3 is 49.1 Å². The van der Waals surface area contributed by atoms with E-state index in [9.17, 15) is 38.7 Å². The molecule has 192 valence electrons. The summed E-state index contributed by atoms with van der Waals surface area (Å²) in [7, 11) is 0. The van der Waals surface area contributed by atoms with Crippen LogP contribution in [0.25, 0.3) is 0 Å². The number of nitrogens with two attached hydrogens (primary N) is 4. The highest BCUT2D eigenvalue weighted by molar-refractivity contribution is 5.97. The molecular formula is C18H31N7O9. The van der Waals surface area contributed by atoms with E-state index >= 15 is 0 Å². The Morgan fingerprint density at radius 3 is 1.59 bits per heavy atom. The molecule has 0 aliphatic heterocycles. The van der Waals surface area contributed by atoms with Crippen molar-refractivity contribution in [2.45, 2.75) is 62.7 Å². The van der Waals surface area contributed by atoms with E-state index in [-0.39, 0.29) is 6.42 Å². The fourth-order valence-corrected chi connectivity index (χ4v) is 2.68. The summed E-state index contributed by atoms with van der Waals surface area (Å²) in [6.07, 6.45) is -1.40. The minimum Gasteiger partial charge on any atom is -0.481 e. The van der Waals surface area contributed by atoms with Gasteiger partial charge >= 0.3 is 11.9 Å². The molecule has 13 N–H and O–H groups in total. The van der Waals surface area contributed by atoms with Gasteiger partial charge in [-0.25, -0.2) is 4.79 Å². The molecular weight excluding hydrogens is 458 g/mol.